The second-order valence-electron chi connectivity index (χ2n) is 11.0. The Morgan fingerprint density at radius 3 is 2.21 bits per heavy atom. The SMILES string of the molecule is CC(C)(C)OC(=O)N(CC12CCC(c3ccc(C(C)(F)F)cn3)(CC1)CC2)c1cc(Br)ccn1. The molecule has 2 heterocycles. The molecule has 0 unspecified atom stereocenters. The summed E-state index contributed by atoms with van der Waals surface area (Å²) in [6, 6.07) is 6.96. The van der Waals surface area contributed by atoms with Gasteiger partial charge in [0.25, 0.3) is 5.92 Å². The molecular weight excluding hydrogens is 504 g/mol. The highest BCUT2D eigenvalue weighted by Crippen LogP contribution is 2.58. The monoisotopic (exact) mass is 535 g/mol. The molecule has 0 aliphatic heterocycles. The van der Waals surface area contributed by atoms with Gasteiger partial charge in [0.2, 0.25) is 0 Å². The van der Waals surface area contributed by atoms with Crippen LogP contribution in [0.4, 0.5) is 19.4 Å². The van der Waals surface area contributed by atoms with Crippen LogP contribution in [0.2, 0.25) is 0 Å². The van der Waals surface area contributed by atoms with Crippen LogP contribution in [0, 0.1) is 5.41 Å². The first-order valence-corrected chi connectivity index (χ1v) is 12.6. The van der Waals surface area contributed by atoms with Gasteiger partial charge in [0.05, 0.1) is 0 Å². The van der Waals surface area contributed by atoms with Crippen LogP contribution in [0.15, 0.2) is 41.1 Å². The van der Waals surface area contributed by atoms with Crippen molar-refractivity contribution in [3.8, 4) is 0 Å². The minimum absolute atomic E-state index is 0.0287. The van der Waals surface area contributed by atoms with Crippen molar-refractivity contribution in [2.45, 2.75) is 83.2 Å². The van der Waals surface area contributed by atoms with Crippen LogP contribution >= 0.6 is 15.9 Å². The molecule has 0 atom stereocenters. The van der Waals surface area contributed by atoms with Gasteiger partial charge in [0.15, 0.2) is 0 Å². The van der Waals surface area contributed by atoms with Crippen LogP contribution < -0.4 is 4.90 Å². The van der Waals surface area contributed by atoms with Gasteiger partial charge in [-0.1, -0.05) is 15.9 Å². The number of alkyl halides is 2. The topological polar surface area (TPSA) is 55.3 Å². The normalized spacial score (nSPS) is 24.7. The van der Waals surface area contributed by atoms with Gasteiger partial charge in [0, 0.05) is 47.0 Å². The van der Waals surface area contributed by atoms with E-state index in [-0.39, 0.29) is 16.4 Å². The molecule has 3 aliphatic rings. The van der Waals surface area contributed by atoms with Crippen molar-refractivity contribution in [3.05, 3.63) is 52.4 Å². The van der Waals surface area contributed by atoms with Crippen LogP contribution in [0.3, 0.4) is 0 Å². The summed E-state index contributed by atoms with van der Waals surface area (Å²) < 4.78 is 33.8. The Morgan fingerprint density at radius 1 is 1.06 bits per heavy atom. The summed E-state index contributed by atoms with van der Waals surface area (Å²) in [6.07, 6.45) is 8.20. The van der Waals surface area contributed by atoms with Crippen LogP contribution in [0.1, 0.15) is 77.5 Å². The average Bonchev–Trinajstić information content (AvgIpc) is 2.77. The Hall–Kier alpha value is -2.09. The first kappa shape index (κ1) is 25.0. The van der Waals surface area contributed by atoms with Gasteiger partial charge >= 0.3 is 6.09 Å². The highest BCUT2D eigenvalue weighted by molar-refractivity contribution is 9.10. The Morgan fingerprint density at radius 2 is 1.71 bits per heavy atom. The number of aromatic nitrogens is 2. The zero-order chi connectivity index (χ0) is 24.8. The minimum atomic E-state index is -2.89. The third kappa shape index (κ3) is 5.26. The summed E-state index contributed by atoms with van der Waals surface area (Å²) in [4.78, 5) is 23.8. The van der Waals surface area contributed by atoms with Gasteiger partial charge in [-0.3, -0.25) is 9.88 Å². The molecule has 1 amide bonds. The number of fused-ring (bicyclic) bond motifs is 3. The van der Waals surface area contributed by atoms with Crippen molar-refractivity contribution >= 4 is 27.8 Å². The Bertz CT molecular complexity index is 1020. The molecule has 0 aromatic carbocycles. The van der Waals surface area contributed by atoms with Gasteiger partial charge in [0.1, 0.15) is 11.4 Å². The number of carbonyl (C=O) groups excluding carboxylic acids is 1. The number of amides is 1. The molecule has 2 bridgehead atoms. The Balaban J connectivity index is 1.53. The number of hydrogen-bond donors (Lipinski definition) is 0. The average molecular weight is 536 g/mol. The number of carbonyl (C=O) groups is 1. The van der Waals surface area contributed by atoms with Crippen molar-refractivity contribution in [2.24, 2.45) is 5.41 Å². The van der Waals surface area contributed by atoms with Crippen LogP contribution in [-0.2, 0) is 16.1 Å². The van der Waals surface area contributed by atoms with Crippen molar-refractivity contribution in [1.82, 2.24) is 9.97 Å². The highest BCUT2D eigenvalue weighted by atomic mass is 79.9. The van der Waals surface area contributed by atoms with E-state index in [1.54, 1.807) is 17.2 Å². The number of hydrogen-bond acceptors (Lipinski definition) is 4. The molecule has 2 aromatic heterocycles. The first-order chi connectivity index (χ1) is 15.8. The van der Waals surface area contributed by atoms with E-state index in [2.05, 4.69) is 25.9 Å². The number of ether oxygens (including phenoxy) is 1. The largest absolute Gasteiger partial charge is 0.443 e. The van der Waals surface area contributed by atoms with Gasteiger partial charge in [-0.2, -0.15) is 0 Å². The van der Waals surface area contributed by atoms with Crippen molar-refractivity contribution in [1.29, 1.82) is 0 Å². The van der Waals surface area contributed by atoms with Gasteiger partial charge < -0.3 is 4.74 Å². The molecule has 3 aliphatic carbocycles. The molecule has 2 aromatic rings. The lowest BCUT2D eigenvalue weighted by Crippen LogP contribution is -2.51. The standard InChI is InChI=1S/C26H32BrF2N3O2/c1-23(2,3)34-22(33)32(21-15-19(27)7-14-30-21)17-25-8-11-26(12-9-25,13-10-25)20-6-5-18(16-31-20)24(4,28)29/h5-7,14-16H,8-13,17H2,1-4H3. The second-order valence-corrected chi connectivity index (χ2v) is 11.9. The predicted molar refractivity (Wildman–Crippen MR) is 131 cm³/mol. The lowest BCUT2D eigenvalue weighted by molar-refractivity contribution is 0.0164. The van der Waals surface area contributed by atoms with Crippen LogP contribution in [0.5, 0.6) is 0 Å². The summed E-state index contributed by atoms with van der Waals surface area (Å²) in [5, 5.41) is 0. The third-order valence-electron chi connectivity index (χ3n) is 7.31. The van der Waals surface area contributed by atoms with Crippen molar-refractivity contribution < 1.29 is 18.3 Å². The zero-order valence-corrected chi connectivity index (χ0v) is 21.8. The maximum atomic E-state index is 13.6. The molecule has 0 radical (unpaired) electrons. The fourth-order valence-electron chi connectivity index (χ4n) is 5.28. The van der Waals surface area contributed by atoms with E-state index in [1.165, 1.54) is 12.3 Å². The fourth-order valence-corrected chi connectivity index (χ4v) is 5.61. The molecule has 3 fully saturated rings. The summed E-state index contributed by atoms with van der Waals surface area (Å²) in [6.45, 7) is 7.01. The third-order valence-corrected chi connectivity index (χ3v) is 7.80. The van der Waals surface area contributed by atoms with E-state index in [9.17, 15) is 13.6 Å². The minimum Gasteiger partial charge on any atom is -0.443 e. The van der Waals surface area contributed by atoms with Gasteiger partial charge in [-0.25, -0.2) is 18.6 Å². The van der Waals surface area contributed by atoms with E-state index in [0.717, 1.165) is 55.6 Å². The Labute approximate surface area is 208 Å². The number of pyridine rings is 2. The van der Waals surface area contributed by atoms with E-state index in [1.807, 2.05) is 32.9 Å². The molecule has 3 saturated carbocycles. The quantitative estimate of drug-likeness (QED) is 0.400. The highest BCUT2D eigenvalue weighted by Gasteiger charge is 2.51. The van der Waals surface area contributed by atoms with E-state index in [4.69, 9.17) is 4.74 Å². The molecule has 0 N–H and O–H groups in total. The molecule has 5 rings (SSSR count). The first-order valence-electron chi connectivity index (χ1n) is 11.8. The van der Waals surface area contributed by atoms with Crippen molar-refractivity contribution in [2.75, 3.05) is 11.4 Å². The summed E-state index contributed by atoms with van der Waals surface area (Å²) in [5.74, 6) is -2.32. The fraction of sp³-hybridized carbons (Fsp3) is 0.577. The summed E-state index contributed by atoms with van der Waals surface area (Å²) in [7, 11) is 0. The van der Waals surface area contributed by atoms with E-state index in [0.29, 0.717) is 12.4 Å². The molecule has 0 spiro atoms. The lowest BCUT2D eigenvalue weighted by atomic mass is 9.52. The molecular formula is C26H32BrF2N3O2. The predicted octanol–water partition coefficient (Wildman–Crippen LogP) is 7.38. The summed E-state index contributed by atoms with van der Waals surface area (Å²) >= 11 is 3.48. The van der Waals surface area contributed by atoms with Gasteiger partial charge in [-0.05, 0) is 89.0 Å². The second kappa shape index (κ2) is 8.85. The molecule has 0 saturated heterocycles. The maximum Gasteiger partial charge on any atom is 0.416 e. The number of anilines is 1. The molecule has 5 nitrogen and oxygen atoms in total. The number of halogens is 3. The molecule has 8 heteroatoms. The van der Waals surface area contributed by atoms with Crippen LogP contribution in [0.25, 0.3) is 0 Å². The Kier molecular flexibility index (Phi) is 6.51. The van der Waals surface area contributed by atoms with E-state index < -0.39 is 17.6 Å². The number of nitrogens with zero attached hydrogens (tertiary/aromatic N) is 3. The number of rotatable bonds is 5. The summed E-state index contributed by atoms with van der Waals surface area (Å²) in [5.41, 5.74) is 0.141. The lowest BCUT2D eigenvalue weighted by Gasteiger charge is -2.54. The molecule has 184 valence electrons. The zero-order valence-electron chi connectivity index (χ0n) is 20.2. The van der Waals surface area contributed by atoms with Gasteiger partial charge in [-0.15, -0.1) is 0 Å². The molecule has 34 heavy (non-hydrogen) atoms. The smallest absolute Gasteiger partial charge is 0.416 e. The maximum absolute atomic E-state index is 13.6. The van der Waals surface area contributed by atoms with E-state index >= 15 is 0 Å². The van der Waals surface area contributed by atoms with Crippen molar-refractivity contribution in [3.63, 3.8) is 0 Å². The van der Waals surface area contributed by atoms with Crippen LogP contribution in [-0.4, -0.2) is 28.2 Å².